The Morgan fingerprint density at radius 3 is 2.94 bits per heavy atom. The van der Waals surface area contributed by atoms with Crippen molar-refractivity contribution in [2.24, 2.45) is 5.92 Å². The monoisotopic (exact) mass is 314 g/mol. The van der Waals surface area contributed by atoms with E-state index in [1.807, 2.05) is 11.3 Å². The van der Waals surface area contributed by atoms with Gasteiger partial charge in [0.25, 0.3) is 0 Å². The molecule has 1 aromatic rings. The maximum atomic E-state index is 3.70. The van der Waals surface area contributed by atoms with Crippen LogP contribution in [0.5, 0.6) is 0 Å². The first-order chi connectivity index (χ1) is 8.22. The zero-order valence-electron chi connectivity index (χ0n) is 10.2. The van der Waals surface area contributed by atoms with Gasteiger partial charge in [0.15, 0.2) is 0 Å². The van der Waals surface area contributed by atoms with Crippen LogP contribution in [0.3, 0.4) is 0 Å². The minimum absolute atomic E-state index is 0.658. The van der Waals surface area contributed by atoms with Gasteiger partial charge in [-0.25, -0.2) is 0 Å². The molecular weight excluding hydrogens is 296 g/mol. The fourth-order valence-corrected chi connectivity index (χ4v) is 4.13. The highest BCUT2D eigenvalue weighted by Crippen LogP contribution is 2.34. The van der Waals surface area contributed by atoms with Crippen molar-refractivity contribution in [2.45, 2.75) is 38.4 Å². The van der Waals surface area contributed by atoms with E-state index in [0.717, 1.165) is 25.0 Å². The Morgan fingerprint density at radius 1 is 1.47 bits per heavy atom. The number of thiophene rings is 1. The molecule has 2 heterocycles. The normalized spacial score (nSPS) is 30.7. The van der Waals surface area contributed by atoms with Gasteiger partial charge < -0.3 is 5.32 Å². The molecule has 2 unspecified atom stereocenters. The number of nitrogens with zero attached hydrogens (tertiary/aromatic N) is 1. The lowest BCUT2D eigenvalue weighted by molar-refractivity contribution is 0.126. The zero-order valence-corrected chi connectivity index (χ0v) is 12.6. The molecule has 1 saturated heterocycles. The second-order valence-corrected chi connectivity index (χ2v) is 7.88. The topological polar surface area (TPSA) is 15.3 Å². The molecule has 4 heteroatoms. The maximum absolute atomic E-state index is 3.70. The highest BCUT2D eigenvalue weighted by atomic mass is 79.9. The van der Waals surface area contributed by atoms with E-state index in [-0.39, 0.29) is 0 Å². The maximum Gasteiger partial charge on any atom is 0.0701 e. The van der Waals surface area contributed by atoms with Crippen LogP contribution in [0.25, 0.3) is 0 Å². The number of hydrogen-bond donors (Lipinski definition) is 1. The lowest BCUT2D eigenvalue weighted by Gasteiger charge is -2.38. The molecule has 1 aliphatic heterocycles. The first-order valence-corrected chi connectivity index (χ1v) is 8.05. The molecule has 2 fully saturated rings. The van der Waals surface area contributed by atoms with Crippen LogP contribution in [0.15, 0.2) is 15.9 Å². The summed E-state index contributed by atoms with van der Waals surface area (Å²) in [4.78, 5) is 4.11. The molecule has 2 nitrogen and oxygen atoms in total. The smallest absolute Gasteiger partial charge is 0.0701 e. The molecule has 94 valence electrons. The first kappa shape index (κ1) is 12.2. The van der Waals surface area contributed by atoms with Gasteiger partial charge in [-0.1, -0.05) is 0 Å². The van der Waals surface area contributed by atoms with Crippen LogP contribution >= 0.6 is 27.3 Å². The van der Waals surface area contributed by atoms with Gasteiger partial charge >= 0.3 is 0 Å². The van der Waals surface area contributed by atoms with Crippen molar-refractivity contribution in [1.82, 2.24) is 10.2 Å². The Morgan fingerprint density at radius 2 is 2.29 bits per heavy atom. The molecule has 2 atom stereocenters. The van der Waals surface area contributed by atoms with Crippen molar-refractivity contribution in [1.29, 1.82) is 0 Å². The van der Waals surface area contributed by atoms with E-state index < -0.39 is 0 Å². The van der Waals surface area contributed by atoms with Crippen molar-refractivity contribution in [3.05, 3.63) is 20.8 Å². The fourth-order valence-electron chi connectivity index (χ4n) is 2.62. The van der Waals surface area contributed by atoms with Gasteiger partial charge in [-0.3, -0.25) is 4.90 Å². The SMILES string of the molecule is CC1CNC(C2CC2)CN1Cc1ccc(Br)s1. The van der Waals surface area contributed by atoms with Gasteiger partial charge in [-0.2, -0.15) is 0 Å². The molecule has 1 N–H and O–H groups in total. The Kier molecular flexibility index (Phi) is 3.57. The van der Waals surface area contributed by atoms with Gasteiger partial charge in [0.05, 0.1) is 3.79 Å². The Labute approximate surface area is 116 Å². The molecule has 1 saturated carbocycles. The quantitative estimate of drug-likeness (QED) is 0.922. The van der Waals surface area contributed by atoms with Crippen LogP contribution in [0, 0.1) is 5.92 Å². The molecule has 2 aliphatic rings. The number of nitrogens with one attached hydrogen (secondary N) is 1. The zero-order chi connectivity index (χ0) is 11.8. The summed E-state index contributed by atoms with van der Waals surface area (Å²) in [5.74, 6) is 0.958. The number of halogens is 1. The van der Waals surface area contributed by atoms with E-state index in [4.69, 9.17) is 0 Å². The van der Waals surface area contributed by atoms with E-state index in [2.05, 4.69) is 45.2 Å². The average molecular weight is 315 g/mol. The summed E-state index contributed by atoms with van der Waals surface area (Å²) in [6.45, 7) is 5.82. The Bertz CT molecular complexity index is 389. The molecular formula is C13H19BrN2S. The lowest BCUT2D eigenvalue weighted by Crippen LogP contribution is -2.55. The van der Waals surface area contributed by atoms with E-state index in [9.17, 15) is 0 Å². The Hall–Kier alpha value is 0.1000. The fraction of sp³-hybridized carbons (Fsp3) is 0.692. The highest BCUT2D eigenvalue weighted by Gasteiger charge is 2.35. The molecule has 0 spiro atoms. The Balaban J connectivity index is 1.63. The third-order valence-corrected chi connectivity index (χ3v) is 5.52. The summed E-state index contributed by atoms with van der Waals surface area (Å²) in [5.41, 5.74) is 0. The van der Waals surface area contributed by atoms with Crippen molar-refractivity contribution in [3.63, 3.8) is 0 Å². The summed E-state index contributed by atoms with van der Waals surface area (Å²) >= 11 is 5.41. The summed E-state index contributed by atoms with van der Waals surface area (Å²) in [6.07, 6.45) is 2.87. The van der Waals surface area contributed by atoms with Gasteiger partial charge in [0.1, 0.15) is 0 Å². The van der Waals surface area contributed by atoms with Gasteiger partial charge in [-0.05, 0) is 53.7 Å². The van der Waals surface area contributed by atoms with Crippen LogP contribution in [0.1, 0.15) is 24.6 Å². The lowest BCUT2D eigenvalue weighted by atomic mass is 10.1. The van der Waals surface area contributed by atoms with E-state index >= 15 is 0 Å². The van der Waals surface area contributed by atoms with Crippen molar-refractivity contribution in [2.75, 3.05) is 13.1 Å². The molecule has 0 radical (unpaired) electrons. The predicted molar refractivity (Wildman–Crippen MR) is 76.4 cm³/mol. The molecule has 1 aromatic heterocycles. The second-order valence-electron chi connectivity index (χ2n) is 5.34. The van der Waals surface area contributed by atoms with Crippen LogP contribution in [-0.4, -0.2) is 30.1 Å². The minimum atomic E-state index is 0.658. The van der Waals surface area contributed by atoms with Crippen molar-refractivity contribution >= 4 is 27.3 Å². The molecule has 0 amide bonds. The van der Waals surface area contributed by atoms with Crippen LogP contribution in [-0.2, 0) is 6.54 Å². The van der Waals surface area contributed by atoms with Gasteiger partial charge in [-0.15, -0.1) is 11.3 Å². The van der Waals surface area contributed by atoms with Crippen LogP contribution in [0.2, 0.25) is 0 Å². The molecule has 1 aliphatic carbocycles. The third kappa shape index (κ3) is 2.92. The van der Waals surface area contributed by atoms with E-state index in [1.165, 1.54) is 28.0 Å². The van der Waals surface area contributed by atoms with Crippen molar-refractivity contribution < 1.29 is 0 Å². The molecule has 0 aromatic carbocycles. The third-order valence-electron chi connectivity index (χ3n) is 3.91. The minimum Gasteiger partial charge on any atom is -0.311 e. The second kappa shape index (κ2) is 5.00. The first-order valence-electron chi connectivity index (χ1n) is 6.44. The predicted octanol–water partition coefficient (Wildman–Crippen LogP) is 3.08. The highest BCUT2D eigenvalue weighted by molar-refractivity contribution is 9.11. The van der Waals surface area contributed by atoms with Crippen molar-refractivity contribution in [3.8, 4) is 0 Å². The molecule has 3 rings (SSSR count). The summed E-state index contributed by atoms with van der Waals surface area (Å²) in [7, 11) is 0. The number of piperazine rings is 1. The summed E-state index contributed by atoms with van der Waals surface area (Å²) < 4.78 is 1.24. The largest absolute Gasteiger partial charge is 0.311 e. The van der Waals surface area contributed by atoms with Gasteiger partial charge in [0, 0.05) is 36.6 Å². The van der Waals surface area contributed by atoms with E-state index in [1.54, 1.807) is 0 Å². The standard InChI is InChI=1S/C13H19BrN2S/c1-9-6-15-12(10-2-3-10)8-16(9)7-11-4-5-13(14)17-11/h4-5,9-10,12,15H,2-3,6-8H2,1H3. The molecule has 0 bridgehead atoms. The van der Waals surface area contributed by atoms with E-state index in [0.29, 0.717) is 6.04 Å². The summed E-state index contributed by atoms with van der Waals surface area (Å²) in [5, 5.41) is 3.70. The van der Waals surface area contributed by atoms with Gasteiger partial charge in [0.2, 0.25) is 0 Å². The van der Waals surface area contributed by atoms with Crippen LogP contribution in [0.4, 0.5) is 0 Å². The number of rotatable bonds is 3. The molecule has 17 heavy (non-hydrogen) atoms. The summed E-state index contributed by atoms with van der Waals surface area (Å²) in [6, 6.07) is 5.81. The van der Waals surface area contributed by atoms with Crippen LogP contribution < -0.4 is 5.32 Å². The number of hydrogen-bond acceptors (Lipinski definition) is 3. The average Bonchev–Trinajstić information content (AvgIpc) is 3.07.